The third-order valence-corrected chi connectivity index (χ3v) is 4.16. The molecule has 0 heterocycles. The standard InChI is InChI=1S/C21H24ClN3O3/c1-13(2)12-19(25-20(27)15-4-6-16(22)7-5-15)21(28)24-18-10-8-17(9-11-18)23-14(3)26/h4-11,13,19H,12H2,1-3H3,(H,23,26)(H,24,28)(H,25,27). The smallest absolute Gasteiger partial charge is 0.251 e. The van der Waals surface area contributed by atoms with Gasteiger partial charge in [-0.1, -0.05) is 25.4 Å². The first-order valence-electron chi connectivity index (χ1n) is 8.99. The van der Waals surface area contributed by atoms with E-state index in [9.17, 15) is 14.4 Å². The second kappa shape index (κ2) is 9.90. The number of carbonyl (C=O) groups excluding carboxylic acids is 3. The van der Waals surface area contributed by atoms with Gasteiger partial charge in [-0.2, -0.15) is 0 Å². The van der Waals surface area contributed by atoms with E-state index in [0.29, 0.717) is 28.4 Å². The third kappa shape index (κ3) is 6.70. The SMILES string of the molecule is CC(=O)Nc1ccc(NC(=O)C(CC(C)C)NC(=O)c2ccc(Cl)cc2)cc1. The second-order valence-electron chi connectivity index (χ2n) is 6.91. The van der Waals surface area contributed by atoms with E-state index in [2.05, 4.69) is 16.0 Å². The number of nitrogens with one attached hydrogen (secondary N) is 3. The number of halogens is 1. The van der Waals surface area contributed by atoms with Crippen LogP contribution >= 0.6 is 11.6 Å². The van der Waals surface area contributed by atoms with E-state index in [0.717, 1.165) is 0 Å². The Hall–Kier alpha value is -2.86. The molecule has 0 saturated heterocycles. The zero-order valence-corrected chi connectivity index (χ0v) is 16.8. The first-order valence-corrected chi connectivity index (χ1v) is 9.37. The van der Waals surface area contributed by atoms with Crippen molar-refractivity contribution in [3.05, 3.63) is 59.1 Å². The van der Waals surface area contributed by atoms with Crippen molar-refractivity contribution in [2.45, 2.75) is 33.2 Å². The minimum Gasteiger partial charge on any atom is -0.340 e. The van der Waals surface area contributed by atoms with Crippen molar-refractivity contribution in [2.24, 2.45) is 5.92 Å². The molecule has 0 fully saturated rings. The Morgan fingerprint density at radius 1 is 0.893 bits per heavy atom. The zero-order valence-electron chi connectivity index (χ0n) is 16.1. The van der Waals surface area contributed by atoms with Gasteiger partial charge in [0.05, 0.1) is 0 Å². The van der Waals surface area contributed by atoms with E-state index >= 15 is 0 Å². The van der Waals surface area contributed by atoms with Crippen LogP contribution in [0.5, 0.6) is 0 Å². The molecular formula is C21H24ClN3O3. The predicted molar refractivity (Wildman–Crippen MR) is 112 cm³/mol. The van der Waals surface area contributed by atoms with Gasteiger partial charge in [-0.15, -0.1) is 0 Å². The molecule has 2 rings (SSSR count). The van der Waals surface area contributed by atoms with Gasteiger partial charge in [0.1, 0.15) is 6.04 Å². The van der Waals surface area contributed by atoms with E-state index < -0.39 is 6.04 Å². The lowest BCUT2D eigenvalue weighted by Gasteiger charge is -2.20. The first kappa shape index (κ1) is 21.4. The van der Waals surface area contributed by atoms with Crippen LogP contribution in [0.25, 0.3) is 0 Å². The highest BCUT2D eigenvalue weighted by Gasteiger charge is 2.22. The summed E-state index contributed by atoms with van der Waals surface area (Å²) in [6.45, 7) is 5.39. The summed E-state index contributed by atoms with van der Waals surface area (Å²) < 4.78 is 0. The summed E-state index contributed by atoms with van der Waals surface area (Å²) in [6, 6.07) is 12.6. The average Bonchev–Trinajstić information content (AvgIpc) is 2.62. The molecule has 3 N–H and O–H groups in total. The monoisotopic (exact) mass is 401 g/mol. The van der Waals surface area contributed by atoms with Crippen molar-refractivity contribution >= 4 is 40.7 Å². The molecule has 0 aliphatic rings. The predicted octanol–water partition coefficient (Wildman–Crippen LogP) is 4.08. The van der Waals surface area contributed by atoms with Crippen LogP contribution in [-0.4, -0.2) is 23.8 Å². The van der Waals surface area contributed by atoms with Crippen molar-refractivity contribution in [1.29, 1.82) is 0 Å². The normalized spacial score (nSPS) is 11.6. The average molecular weight is 402 g/mol. The van der Waals surface area contributed by atoms with E-state index in [1.807, 2.05) is 13.8 Å². The van der Waals surface area contributed by atoms with Gasteiger partial charge in [-0.25, -0.2) is 0 Å². The number of amides is 3. The van der Waals surface area contributed by atoms with E-state index in [4.69, 9.17) is 11.6 Å². The second-order valence-corrected chi connectivity index (χ2v) is 7.35. The molecule has 0 bridgehead atoms. The summed E-state index contributed by atoms with van der Waals surface area (Å²) in [5, 5.41) is 8.80. The molecule has 2 aromatic rings. The lowest BCUT2D eigenvalue weighted by Crippen LogP contribution is -2.44. The van der Waals surface area contributed by atoms with Crippen molar-refractivity contribution in [1.82, 2.24) is 5.32 Å². The molecule has 3 amide bonds. The van der Waals surface area contributed by atoms with Gasteiger partial charge >= 0.3 is 0 Å². The van der Waals surface area contributed by atoms with Crippen LogP contribution in [-0.2, 0) is 9.59 Å². The first-order chi connectivity index (χ1) is 13.2. The lowest BCUT2D eigenvalue weighted by atomic mass is 10.0. The maximum atomic E-state index is 12.7. The van der Waals surface area contributed by atoms with Gasteiger partial charge in [0.2, 0.25) is 11.8 Å². The fraction of sp³-hybridized carbons (Fsp3) is 0.286. The van der Waals surface area contributed by atoms with Crippen LogP contribution in [0.15, 0.2) is 48.5 Å². The topological polar surface area (TPSA) is 87.3 Å². The molecule has 0 saturated carbocycles. The Kier molecular flexibility index (Phi) is 7.58. The van der Waals surface area contributed by atoms with Gasteiger partial charge in [-0.3, -0.25) is 14.4 Å². The molecule has 6 nitrogen and oxygen atoms in total. The summed E-state index contributed by atoms with van der Waals surface area (Å²) in [5.41, 5.74) is 1.65. The molecule has 148 valence electrons. The number of anilines is 2. The number of rotatable bonds is 7. The Morgan fingerprint density at radius 3 is 1.93 bits per heavy atom. The molecular weight excluding hydrogens is 378 g/mol. The van der Waals surface area contributed by atoms with E-state index in [-0.39, 0.29) is 23.6 Å². The minimum atomic E-state index is -0.682. The summed E-state index contributed by atoms with van der Waals surface area (Å²) >= 11 is 5.85. The number of hydrogen-bond donors (Lipinski definition) is 3. The summed E-state index contributed by atoms with van der Waals surface area (Å²) in [6.07, 6.45) is 0.495. The molecule has 7 heteroatoms. The van der Waals surface area contributed by atoms with E-state index in [1.165, 1.54) is 6.92 Å². The molecule has 2 aromatic carbocycles. The zero-order chi connectivity index (χ0) is 20.7. The number of hydrogen-bond acceptors (Lipinski definition) is 3. The van der Waals surface area contributed by atoms with Crippen molar-refractivity contribution < 1.29 is 14.4 Å². The van der Waals surface area contributed by atoms with Crippen LogP contribution in [0.1, 0.15) is 37.6 Å². The van der Waals surface area contributed by atoms with Gasteiger partial charge in [0.25, 0.3) is 5.91 Å². The molecule has 0 radical (unpaired) electrons. The van der Waals surface area contributed by atoms with Crippen molar-refractivity contribution in [2.75, 3.05) is 10.6 Å². The Bertz CT molecular complexity index is 833. The van der Waals surface area contributed by atoms with Crippen LogP contribution < -0.4 is 16.0 Å². The maximum Gasteiger partial charge on any atom is 0.251 e. The van der Waals surface area contributed by atoms with Gasteiger partial charge in [0, 0.05) is 28.9 Å². The maximum absolute atomic E-state index is 12.7. The summed E-state index contributed by atoms with van der Waals surface area (Å²) in [5.74, 6) is -0.594. The highest BCUT2D eigenvalue weighted by molar-refractivity contribution is 6.30. The molecule has 1 atom stereocenters. The molecule has 0 aromatic heterocycles. The van der Waals surface area contributed by atoms with Gasteiger partial charge < -0.3 is 16.0 Å². The Morgan fingerprint density at radius 2 is 1.43 bits per heavy atom. The third-order valence-electron chi connectivity index (χ3n) is 3.91. The largest absolute Gasteiger partial charge is 0.340 e. The highest BCUT2D eigenvalue weighted by Crippen LogP contribution is 2.16. The fourth-order valence-electron chi connectivity index (χ4n) is 2.62. The van der Waals surface area contributed by atoms with Crippen LogP contribution in [0.4, 0.5) is 11.4 Å². The fourth-order valence-corrected chi connectivity index (χ4v) is 2.74. The molecule has 0 spiro atoms. The molecule has 0 aliphatic heterocycles. The summed E-state index contributed by atoms with van der Waals surface area (Å²) in [4.78, 5) is 36.3. The Labute approximate surface area is 169 Å². The van der Waals surface area contributed by atoms with Gasteiger partial charge in [0.15, 0.2) is 0 Å². The van der Waals surface area contributed by atoms with E-state index in [1.54, 1.807) is 48.5 Å². The molecule has 1 unspecified atom stereocenters. The number of benzene rings is 2. The van der Waals surface area contributed by atoms with Crippen molar-refractivity contribution in [3.63, 3.8) is 0 Å². The molecule has 28 heavy (non-hydrogen) atoms. The lowest BCUT2D eigenvalue weighted by molar-refractivity contribution is -0.118. The quantitative estimate of drug-likeness (QED) is 0.653. The highest BCUT2D eigenvalue weighted by atomic mass is 35.5. The Balaban J connectivity index is 2.06. The number of carbonyl (C=O) groups is 3. The van der Waals surface area contributed by atoms with Crippen LogP contribution in [0.3, 0.4) is 0 Å². The minimum absolute atomic E-state index is 0.168. The van der Waals surface area contributed by atoms with Crippen molar-refractivity contribution in [3.8, 4) is 0 Å². The van der Waals surface area contributed by atoms with Gasteiger partial charge in [-0.05, 0) is 60.9 Å². The molecule has 0 aliphatic carbocycles. The van der Waals surface area contributed by atoms with Crippen LogP contribution in [0, 0.1) is 5.92 Å². The summed E-state index contributed by atoms with van der Waals surface area (Å²) in [7, 11) is 0. The van der Waals surface area contributed by atoms with Crippen LogP contribution in [0.2, 0.25) is 5.02 Å².